The van der Waals surface area contributed by atoms with E-state index in [4.69, 9.17) is 9.47 Å². The highest BCUT2D eigenvalue weighted by Gasteiger charge is 2.30. The molecule has 0 saturated carbocycles. The van der Waals surface area contributed by atoms with Gasteiger partial charge in [0.05, 0.1) is 24.1 Å². The van der Waals surface area contributed by atoms with Gasteiger partial charge in [0.25, 0.3) is 0 Å². The number of nitrogens with zero attached hydrogens (tertiary/aromatic N) is 1. The molecule has 4 rings (SSSR count). The van der Waals surface area contributed by atoms with E-state index in [0.29, 0.717) is 5.56 Å². The molecule has 0 saturated heterocycles. The van der Waals surface area contributed by atoms with E-state index in [9.17, 15) is 4.79 Å². The summed E-state index contributed by atoms with van der Waals surface area (Å²) >= 11 is 0. The van der Waals surface area contributed by atoms with Gasteiger partial charge in [0.15, 0.2) is 11.2 Å². The smallest absolute Gasteiger partial charge is 0.188 e. The minimum absolute atomic E-state index is 0.000623. The van der Waals surface area contributed by atoms with Crippen molar-refractivity contribution in [3.63, 3.8) is 0 Å². The number of fused-ring (bicyclic) bond motifs is 3. The summed E-state index contributed by atoms with van der Waals surface area (Å²) in [6.07, 6.45) is 22.7. The van der Waals surface area contributed by atoms with E-state index < -0.39 is 5.60 Å². The Morgan fingerprint density at radius 1 is 0.780 bits per heavy atom. The Balaban J connectivity index is 1.45. The number of benzene rings is 2. The van der Waals surface area contributed by atoms with Gasteiger partial charge in [0, 0.05) is 17.7 Å². The van der Waals surface area contributed by atoms with Crippen LogP contribution in [0.2, 0.25) is 0 Å². The molecule has 1 aromatic carbocycles. The summed E-state index contributed by atoms with van der Waals surface area (Å²) < 4.78 is 14.7. The second-order valence-corrected chi connectivity index (χ2v) is 12.3. The van der Waals surface area contributed by atoms with Gasteiger partial charge < -0.3 is 14.0 Å². The average molecular weight is 558 g/mol. The van der Waals surface area contributed by atoms with E-state index in [1.807, 2.05) is 24.3 Å². The maximum atomic E-state index is 13.3. The van der Waals surface area contributed by atoms with Crippen molar-refractivity contribution in [1.82, 2.24) is 4.57 Å². The number of ether oxygens (including phenoxy) is 2. The Bertz CT molecular complexity index is 1290. The number of hydrogen-bond acceptors (Lipinski definition) is 3. The Morgan fingerprint density at radius 3 is 1.95 bits per heavy atom. The van der Waals surface area contributed by atoms with Crippen LogP contribution in [0.15, 0.2) is 53.3 Å². The quantitative estimate of drug-likeness (QED) is 0.155. The number of methoxy groups -OCH3 is 1. The first-order valence-corrected chi connectivity index (χ1v) is 16.2. The lowest BCUT2D eigenvalue weighted by Gasteiger charge is -2.32. The molecule has 0 radical (unpaired) electrons. The van der Waals surface area contributed by atoms with Crippen LogP contribution in [0.5, 0.6) is 11.5 Å². The fraction of sp³-hybridized carbons (Fsp3) is 0.541. The van der Waals surface area contributed by atoms with Crippen molar-refractivity contribution in [1.29, 1.82) is 0 Å². The lowest BCUT2D eigenvalue weighted by Crippen LogP contribution is -2.30. The molecule has 2 heterocycles. The predicted octanol–water partition coefficient (Wildman–Crippen LogP) is 10.3. The molecule has 4 nitrogen and oxygen atoms in total. The van der Waals surface area contributed by atoms with Crippen LogP contribution in [-0.4, -0.2) is 17.3 Å². The third kappa shape index (κ3) is 8.27. The second kappa shape index (κ2) is 15.3. The van der Waals surface area contributed by atoms with Crippen molar-refractivity contribution in [3.05, 3.63) is 64.3 Å². The zero-order valence-corrected chi connectivity index (χ0v) is 26.0. The van der Waals surface area contributed by atoms with Crippen LogP contribution in [0, 0.1) is 0 Å². The van der Waals surface area contributed by atoms with Gasteiger partial charge in [0.1, 0.15) is 11.4 Å². The number of rotatable bonds is 17. The molecule has 0 unspecified atom stereocenters. The standard InChI is InChI=1S/C37H51NO3/c1-5-6-7-8-9-10-11-12-13-14-15-16-17-21-26-38-34(29-22-19-18-20-23-29)33(40-4)28-31-32(39)27-30-24-25-37(2,3)41-36(30)35(31)38/h18-20,22-25,27-28H,5-17,21,26H2,1-4H3. The number of pyridine rings is 1. The SMILES string of the molecule is CCCCCCCCCCCCCCCCn1c(-c2ccccc2)c(OC)cc2c(=O)cc3c(c1-2)OC(C)(C)C=C3. The molecule has 2 aliphatic heterocycles. The summed E-state index contributed by atoms with van der Waals surface area (Å²) in [7, 11) is 1.69. The van der Waals surface area contributed by atoms with Gasteiger partial charge in [-0.25, -0.2) is 0 Å². The maximum absolute atomic E-state index is 13.3. The van der Waals surface area contributed by atoms with E-state index in [1.165, 1.54) is 83.5 Å². The normalized spacial score (nSPS) is 13.8. The Morgan fingerprint density at radius 2 is 1.37 bits per heavy atom. The molecule has 3 aliphatic rings. The molecule has 1 aromatic rings. The lowest BCUT2D eigenvalue weighted by molar-refractivity contribution is 0.158. The summed E-state index contributed by atoms with van der Waals surface area (Å²) in [5, 5.41) is 0. The first kappa shape index (κ1) is 30.9. The highest BCUT2D eigenvalue weighted by Crippen LogP contribution is 2.44. The molecule has 4 heteroatoms. The monoisotopic (exact) mass is 557 g/mol. The molecule has 41 heavy (non-hydrogen) atoms. The van der Waals surface area contributed by atoms with Crippen molar-refractivity contribution in [2.75, 3.05) is 7.11 Å². The van der Waals surface area contributed by atoms with Crippen LogP contribution >= 0.6 is 0 Å². The molecular formula is C37H51NO3. The first-order valence-electron chi connectivity index (χ1n) is 16.2. The van der Waals surface area contributed by atoms with Crippen LogP contribution in [0.1, 0.15) is 116 Å². The Labute approximate surface area is 248 Å². The number of aromatic nitrogens is 1. The molecule has 0 atom stereocenters. The van der Waals surface area contributed by atoms with E-state index in [0.717, 1.165) is 47.0 Å². The third-order valence-corrected chi connectivity index (χ3v) is 8.36. The number of unbranched alkanes of at least 4 members (excludes halogenated alkanes) is 13. The molecule has 0 spiro atoms. The third-order valence-electron chi connectivity index (χ3n) is 8.36. The summed E-state index contributed by atoms with van der Waals surface area (Å²) in [5.74, 6) is 1.51. The first-order chi connectivity index (χ1) is 19.9. The molecular weight excluding hydrogens is 506 g/mol. The van der Waals surface area contributed by atoms with Crippen molar-refractivity contribution >= 4 is 6.08 Å². The summed E-state index contributed by atoms with van der Waals surface area (Å²) in [6, 6.07) is 14.0. The van der Waals surface area contributed by atoms with Gasteiger partial charge in [0.2, 0.25) is 0 Å². The topological polar surface area (TPSA) is 40.5 Å². The van der Waals surface area contributed by atoms with Crippen molar-refractivity contribution in [3.8, 4) is 34.0 Å². The van der Waals surface area contributed by atoms with E-state index in [-0.39, 0.29) is 5.43 Å². The van der Waals surface area contributed by atoms with E-state index in [1.54, 1.807) is 13.2 Å². The van der Waals surface area contributed by atoms with Gasteiger partial charge >= 0.3 is 0 Å². The molecule has 0 bridgehead atoms. The van der Waals surface area contributed by atoms with E-state index in [2.05, 4.69) is 49.6 Å². The average Bonchev–Trinajstić information content (AvgIpc) is 2.97. The fourth-order valence-corrected chi connectivity index (χ4v) is 6.07. The summed E-state index contributed by atoms with van der Waals surface area (Å²) in [5.41, 5.74) is 4.01. The predicted molar refractivity (Wildman–Crippen MR) is 173 cm³/mol. The van der Waals surface area contributed by atoms with Crippen LogP contribution in [-0.2, 0) is 6.54 Å². The van der Waals surface area contributed by atoms with Gasteiger partial charge in [-0.2, -0.15) is 0 Å². The Kier molecular flexibility index (Phi) is 11.5. The van der Waals surface area contributed by atoms with Crippen molar-refractivity contribution in [2.45, 2.75) is 123 Å². The van der Waals surface area contributed by atoms with Gasteiger partial charge in [-0.05, 0) is 38.5 Å². The number of hydrogen-bond donors (Lipinski definition) is 0. The molecule has 0 aromatic heterocycles. The van der Waals surface area contributed by atoms with Crippen LogP contribution in [0.4, 0.5) is 0 Å². The minimum Gasteiger partial charge on any atom is -0.495 e. The van der Waals surface area contributed by atoms with Crippen LogP contribution in [0.25, 0.3) is 28.6 Å². The summed E-state index contributed by atoms with van der Waals surface area (Å²) in [4.78, 5) is 13.3. The Hall–Kier alpha value is -3.01. The van der Waals surface area contributed by atoms with Gasteiger partial charge in [-0.1, -0.05) is 127 Å². The molecule has 0 fully saturated rings. The second-order valence-electron chi connectivity index (χ2n) is 12.3. The maximum Gasteiger partial charge on any atom is 0.188 e. The van der Waals surface area contributed by atoms with Crippen molar-refractivity contribution < 1.29 is 9.47 Å². The molecule has 0 amide bonds. The molecule has 0 N–H and O–H groups in total. The lowest BCUT2D eigenvalue weighted by atomic mass is 9.95. The largest absolute Gasteiger partial charge is 0.495 e. The molecule has 222 valence electrons. The molecule has 1 aliphatic carbocycles. The van der Waals surface area contributed by atoms with Gasteiger partial charge in [-0.3, -0.25) is 4.79 Å². The minimum atomic E-state index is -0.440. The van der Waals surface area contributed by atoms with Crippen LogP contribution in [0.3, 0.4) is 0 Å². The van der Waals surface area contributed by atoms with Crippen molar-refractivity contribution in [2.24, 2.45) is 0 Å². The van der Waals surface area contributed by atoms with Crippen LogP contribution < -0.4 is 14.9 Å². The fourth-order valence-electron chi connectivity index (χ4n) is 6.07. The highest BCUT2D eigenvalue weighted by molar-refractivity contribution is 5.83. The van der Waals surface area contributed by atoms with E-state index >= 15 is 0 Å². The zero-order valence-electron chi connectivity index (χ0n) is 26.0. The zero-order chi connectivity index (χ0) is 29.1. The highest BCUT2D eigenvalue weighted by atomic mass is 16.5. The van der Waals surface area contributed by atoms with Gasteiger partial charge in [-0.15, -0.1) is 0 Å². The summed E-state index contributed by atoms with van der Waals surface area (Å²) in [6.45, 7) is 7.20.